The van der Waals surface area contributed by atoms with Crippen LogP contribution >= 0.6 is 0 Å². The number of para-hydroxylation sites is 3. The Morgan fingerprint density at radius 3 is 2.45 bits per heavy atom. The number of piperazine rings is 1. The summed E-state index contributed by atoms with van der Waals surface area (Å²) < 4.78 is 4.22. The summed E-state index contributed by atoms with van der Waals surface area (Å²) in [6.45, 7) is 4.50. The Balaban J connectivity index is 1.21. The van der Waals surface area contributed by atoms with Crippen molar-refractivity contribution in [2.75, 3.05) is 26.2 Å². The molecular formula is C23H25N5O. The standard InChI is InChI=1S/C23H25N5O/c1-25-21-9-5-3-7-19(21)24-22(25)16-26-12-14-27(15-13-26)23(29)17-28-11-10-18-6-2-4-8-20(18)28/h2-11H,12-17H2,1H3. The fourth-order valence-corrected chi connectivity index (χ4v) is 4.22. The van der Waals surface area contributed by atoms with Crippen LogP contribution in [0, 0.1) is 0 Å². The summed E-state index contributed by atoms with van der Waals surface area (Å²) in [4.78, 5) is 22.0. The minimum Gasteiger partial charge on any atom is -0.339 e. The van der Waals surface area contributed by atoms with E-state index in [1.165, 1.54) is 5.39 Å². The maximum Gasteiger partial charge on any atom is 0.242 e. The molecule has 0 unspecified atom stereocenters. The van der Waals surface area contributed by atoms with Crippen LogP contribution in [0.5, 0.6) is 0 Å². The molecule has 0 aliphatic carbocycles. The summed E-state index contributed by atoms with van der Waals surface area (Å²) in [5, 5.41) is 1.17. The normalized spacial score (nSPS) is 15.4. The molecule has 0 atom stereocenters. The maximum absolute atomic E-state index is 12.8. The van der Waals surface area contributed by atoms with E-state index in [1.807, 2.05) is 39.9 Å². The molecule has 6 heteroatoms. The molecule has 1 aliphatic heterocycles. The Morgan fingerprint density at radius 1 is 0.931 bits per heavy atom. The van der Waals surface area contributed by atoms with Crippen molar-refractivity contribution in [2.24, 2.45) is 7.05 Å². The number of imidazole rings is 1. The molecule has 29 heavy (non-hydrogen) atoms. The Morgan fingerprint density at radius 2 is 1.66 bits per heavy atom. The smallest absolute Gasteiger partial charge is 0.242 e. The number of hydrogen-bond donors (Lipinski definition) is 0. The SMILES string of the molecule is Cn1c(CN2CCN(C(=O)Cn3ccc4ccccc43)CC2)nc2ccccc21. The van der Waals surface area contributed by atoms with Gasteiger partial charge in [-0.1, -0.05) is 30.3 Å². The van der Waals surface area contributed by atoms with Gasteiger partial charge in [-0.2, -0.15) is 0 Å². The third-order valence-corrected chi connectivity index (χ3v) is 5.96. The van der Waals surface area contributed by atoms with Gasteiger partial charge in [-0.15, -0.1) is 0 Å². The van der Waals surface area contributed by atoms with Crippen LogP contribution in [-0.2, 0) is 24.9 Å². The Hall–Kier alpha value is -3.12. The Bertz CT molecular complexity index is 1170. The van der Waals surface area contributed by atoms with Gasteiger partial charge in [0.25, 0.3) is 0 Å². The van der Waals surface area contributed by atoms with Crippen LogP contribution in [0.3, 0.4) is 0 Å². The Kier molecular flexibility index (Phi) is 4.56. The molecule has 6 nitrogen and oxygen atoms in total. The number of aryl methyl sites for hydroxylation is 1. The second kappa shape index (κ2) is 7.37. The zero-order valence-corrected chi connectivity index (χ0v) is 16.7. The van der Waals surface area contributed by atoms with Crippen molar-refractivity contribution in [1.29, 1.82) is 0 Å². The van der Waals surface area contributed by atoms with Crippen molar-refractivity contribution in [3.05, 3.63) is 66.6 Å². The fraction of sp³-hybridized carbons (Fsp3) is 0.304. The number of rotatable bonds is 4. The lowest BCUT2D eigenvalue weighted by Crippen LogP contribution is -2.49. The summed E-state index contributed by atoms with van der Waals surface area (Å²) in [5.74, 6) is 1.26. The van der Waals surface area contributed by atoms with Crippen molar-refractivity contribution in [3.63, 3.8) is 0 Å². The molecule has 3 heterocycles. The number of nitrogens with zero attached hydrogens (tertiary/aromatic N) is 5. The van der Waals surface area contributed by atoms with Crippen molar-refractivity contribution >= 4 is 27.8 Å². The van der Waals surface area contributed by atoms with E-state index in [-0.39, 0.29) is 5.91 Å². The van der Waals surface area contributed by atoms with Crippen LogP contribution < -0.4 is 0 Å². The maximum atomic E-state index is 12.8. The van der Waals surface area contributed by atoms with E-state index in [1.54, 1.807) is 0 Å². The van der Waals surface area contributed by atoms with Crippen molar-refractivity contribution in [2.45, 2.75) is 13.1 Å². The van der Waals surface area contributed by atoms with Gasteiger partial charge in [0.1, 0.15) is 12.4 Å². The van der Waals surface area contributed by atoms with Crippen molar-refractivity contribution in [3.8, 4) is 0 Å². The Labute approximate surface area is 170 Å². The molecule has 2 aromatic carbocycles. The van der Waals surface area contributed by atoms with Gasteiger partial charge in [-0.3, -0.25) is 9.69 Å². The van der Waals surface area contributed by atoms with Gasteiger partial charge in [0.05, 0.1) is 17.6 Å². The zero-order chi connectivity index (χ0) is 19.8. The average Bonchev–Trinajstić information content (AvgIpc) is 3.30. The monoisotopic (exact) mass is 387 g/mol. The molecule has 0 bridgehead atoms. The predicted octanol–water partition coefficient (Wildman–Crippen LogP) is 2.87. The minimum absolute atomic E-state index is 0.189. The molecule has 2 aromatic heterocycles. The number of carbonyl (C=O) groups excluding carboxylic acids is 1. The molecule has 1 saturated heterocycles. The van der Waals surface area contributed by atoms with Gasteiger partial charge < -0.3 is 14.0 Å². The van der Waals surface area contributed by atoms with Gasteiger partial charge in [-0.05, 0) is 29.7 Å². The highest BCUT2D eigenvalue weighted by Crippen LogP contribution is 2.18. The lowest BCUT2D eigenvalue weighted by Gasteiger charge is -2.34. The third-order valence-electron chi connectivity index (χ3n) is 5.96. The molecule has 0 spiro atoms. The zero-order valence-electron chi connectivity index (χ0n) is 16.7. The second-order valence-electron chi connectivity index (χ2n) is 7.74. The highest BCUT2D eigenvalue weighted by atomic mass is 16.2. The van der Waals surface area contributed by atoms with Crippen molar-refractivity contribution in [1.82, 2.24) is 23.9 Å². The molecule has 148 valence electrons. The van der Waals surface area contributed by atoms with Crippen LogP contribution in [0.15, 0.2) is 60.8 Å². The number of benzene rings is 2. The minimum atomic E-state index is 0.189. The van der Waals surface area contributed by atoms with E-state index >= 15 is 0 Å². The molecule has 0 radical (unpaired) electrons. The molecule has 1 fully saturated rings. The first kappa shape index (κ1) is 17.9. The van der Waals surface area contributed by atoms with Gasteiger partial charge in [0.15, 0.2) is 0 Å². The first-order valence-corrected chi connectivity index (χ1v) is 10.1. The summed E-state index contributed by atoms with van der Waals surface area (Å²) in [7, 11) is 2.08. The number of carbonyl (C=O) groups is 1. The van der Waals surface area contributed by atoms with E-state index in [9.17, 15) is 4.79 Å². The first-order chi connectivity index (χ1) is 14.2. The molecule has 4 aromatic rings. The topological polar surface area (TPSA) is 46.3 Å². The van der Waals surface area contributed by atoms with Crippen LogP contribution in [0.2, 0.25) is 0 Å². The second-order valence-corrected chi connectivity index (χ2v) is 7.74. The highest BCUT2D eigenvalue weighted by Gasteiger charge is 2.22. The molecule has 1 amide bonds. The highest BCUT2D eigenvalue weighted by molar-refractivity contribution is 5.83. The van der Waals surface area contributed by atoms with E-state index in [0.717, 1.165) is 55.1 Å². The summed E-state index contributed by atoms with van der Waals surface area (Å²) in [6, 6.07) is 18.5. The largest absolute Gasteiger partial charge is 0.339 e. The number of amides is 1. The van der Waals surface area contributed by atoms with Gasteiger partial charge >= 0.3 is 0 Å². The van der Waals surface area contributed by atoms with E-state index in [4.69, 9.17) is 4.98 Å². The summed E-state index contributed by atoms with van der Waals surface area (Å²) >= 11 is 0. The lowest BCUT2D eigenvalue weighted by molar-refractivity contribution is -0.133. The van der Waals surface area contributed by atoms with Crippen LogP contribution in [0.4, 0.5) is 0 Å². The lowest BCUT2D eigenvalue weighted by atomic mass is 10.2. The molecule has 0 N–H and O–H groups in total. The third kappa shape index (κ3) is 3.40. The predicted molar refractivity (Wildman–Crippen MR) is 115 cm³/mol. The van der Waals surface area contributed by atoms with Crippen LogP contribution in [0.1, 0.15) is 5.82 Å². The van der Waals surface area contributed by atoms with Gasteiger partial charge in [0.2, 0.25) is 5.91 Å². The van der Waals surface area contributed by atoms with Crippen molar-refractivity contribution < 1.29 is 4.79 Å². The first-order valence-electron chi connectivity index (χ1n) is 10.1. The molecule has 1 aliphatic rings. The number of fused-ring (bicyclic) bond motifs is 2. The number of aromatic nitrogens is 3. The van der Waals surface area contributed by atoms with E-state index < -0.39 is 0 Å². The fourth-order valence-electron chi connectivity index (χ4n) is 4.22. The molecule has 0 saturated carbocycles. The number of hydrogen-bond acceptors (Lipinski definition) is 3. The van der Waals surface area contributed by atoms with E-state index in [2.05, 4.69) is 46.8 Å². The van der Waals surface area contributed by atoms with Crippen LogP contribution in [-0.4, -0.2) is 56.0 Å². The molecular weight excluding hydrogens is 362 g/mol. The quantitative estimate of drug-likeness (QED) is 0.541. The van der Waals surface area contributed by atoms with Gasteiger partial charge in [-0.25, -0.2) is 4.98 Å². The van der Waals surface area contributed by atoms with Crippen LogP contribution in [0.25, 0.3) is 21.9 Å². The summed E-state index contributed by atoms with van der Waals surface area (Å²) in [5.41, 5.74) is 3.31. The van der Waals surface area contributed by atoms with Gasteiger partial charge in [0, 0.05) is 44.9 Å². The molecule has 5 rings (SSSR count). The summed E-state index contributed by atoms with van der Waals surface area (Å²) in [6.07, 6.45) is 2.00. The average molecular weight is 387 g/mol. The van der Waals surface area contributed by atoms with E-state index in [0.29, 0.717) is 6.54 Å².